The van der Waals surface area contributed by atoms with E-state index in [2.05, 4.69) is 16.0 Å². The minimum atomic E-state index is -4.66. The Morgan fingerprint density at radius 3 is 2.36 bits per heavy atom. The number of carbonyl (C=O) groups is 6. The summed E-state index contributed by atoms with van der Waals surface area (Å²) in [5, 5.41) is 6.95. The molecule has 1 aromatic rings. The number of rotatable bonds is 12. The first kappa shape index (κ1) is 34.1. The van der Waals surface area contributed by atoms with Crippen molar-refractivity contribution in [3.63, 3.8) is 0 Å². The molecule has 234 valence electrons. The number of likely N-dealkylation sites (tertiary alicyclic amines) is 1. The van der Waals surface area contributed by atoms with E-state index >= 15 is 0 Å². The van der Waals surface area contributed by atoms with Crippen molar-refractivity contribution >= 4 is 35.5 Å². The molecule has 1 aromatic heterocycles. The molecule has 5 N–H and O–H groups in total. The highest BCUT2D eigenvalue weighted by molar-refractivity contribution is 6.37. The van der Waals surface area contributed by atoms with Crippen LogP contribution >= 0.6 is 0 Å². The van der Waals surface area contributed by atoms with Crippen molar-refractivity contribution in [1.29, 1.82) is 0 Å². The Labute approximate surface area is 240 Å². The predicted molar refractivity (Wildman–Crippen MR) is 139 cm³/mol. The van der Waals surface area contributed by atoms with E-state index in [4.69, 9.17) is 14.9 Å². The zero-order chi connectivity index (χ0) is 31.8. The number of ether oxygens (including phenoxy) is 1. The summed E-state index contributed by atoms with van der Waals surface area (Å²) in [6, 6.07) is -1.90. The van der Waals surface area contributed by atoms with Crippen molar-refractivity contribution < 1.29 is 51.1 Å². The van der Waals surface area contributed by atoms with Gasteiger partial charge >= 0.3 is 18.2 Å². The van der Waals surface area contributed by atoms with Crippen LogP contribution in [0.1, 0.15) is 52.7 Å². The van der Waals surface area contributed by atoms with Crippen molar-refractivity contribution in [2.75, 3.05) is 13.1 Å². The van der Waals surface area contributed by atoms with Gasteiger partial charge in [0.2, 0.25) is 17.6 Å². The lowest BCUT2D eigenvalue weighted by Gasteiger charge is -2.35. The van der Waals surface area contributed by atoms with E-state index in [1.807, 2.05) is 0 Å². The van der Waals surface area contributed by atoms with Crippen LogP contribution in [0.25, 0.3) is 0 Å². The number of furan rings is 1. The third kappa shape index (κ3) is 10.4. The molecule has 42 heavy (non-hydrogen) atoms. The number of nitrogens with two attached hydrogens (primary N) is 1. The number of primary amides is 1. The number of carbonyl (C=O) groups excluding carboxylic acids is 6. The van der Waals surface area contributed by atoms with Crippen molar-refractivity contribution in [2.24, 2.45) is 17.1 Å². The van der Waals surface area contributed by atoms with E-state index in [0.29, 0.717) is 5.76 Å². The van der Waals surface area contributed by atoms with Gasteiger partial charge in [0, 0.05) is 13.0 Å². The van der Waals surface area contributed by atoms with Crippen LogP contribution in [-0.4, -0.2) is 77.8 Å². The second-order valence-electron chi connectivity index (χ2n) is 11.2. The molecule has 0 radical (unpaired) electrons. The van der Waals surface area contributed by atoms with Crippen LogP contribution in [0.3, 0.4) is 0 Å². The van der Waals surface area contributed by atoms with Crippen molar-refractivity contribution in [1.82, 2.24) is 20.9 Å². The molecule has 2 rings (SSSR count). The summed E-state index contributed by atoms with van der Waals surface area (Å²) in [6.45, 7) is 6.11. The molecule has 0 saturated carbocycles. The third-order valence-corrected chi connectivity index (χ3v) is 6.43. The van der Waals surface area contributed by atoms with Crippen LogP contribution in [0.2, 0.25) is 0 Å². The standard InChI is InChI=1S/C26H36F3N5O8/c1-14-10-17(22(38)32-16(19(36)21(30)37)7-8-26(27,28)29)34(12-14)23(39)20(25(2,3)4)33-24(40)31-11-18(35)42-13-15-6-5-9-41-15/h5-6,9,14,16-17,20H,7-8,10-13H2,1-4H3,(H2,30,37)(H,32,38)(H2,31,33,40)/t14-,16?,17+,20-/m1/s1. The molecule has 1 fully saturated rings. The Morgan fingerprint density at radius 2 is 1.81 bits per heavy atom. The van der Waals surface area contributed by atoms with Gasteiger partial charge in [-0.25, -0.2) is 4.79 Å². The maximum Gasteiger partial charge on any atom is 0.389 e. The minimum absolute atomic E-state index is 0.0723. The number of hydrogen-bond acceptors (Lipinski definition) is 8. The van der Waals surface area contributed by atoms with Crippen LogP contribution in [0.15, 0.2) is 22.8 Å². The second-order valence-corrected chi connectivity index (χ2v) is 11.2. The Hall–Kier alpha value is -4.11. The number of esters is 1. The number of amides is 5. The summed E-state index contributed by atoms with van der Waals surface area (Å²) in [7, 11) is 0. The zero-order valence-corrected chi connectivity index (χ0v) is 23.7. The van der Waals surface area contributed by atoms with E-state index in [0.717, 1.165) is 0 Å². The largest absolute Gasteiger partial charge is 0.466 e. The van der Waals surface area contributed by atoms with Gasteiger partial charge in [0.25, 0.3) is 5.91 Å². The van der Waals surface area contributed by atoms with Gasteiger partial charge in [0.1, 0.15) is 31.0 Å². The normalized spacial score (nSPS) is 18.5. The summed E-state index contributed by atoms with van der Waals surface area (Å²) >= 11 is 0. The van der Waals surface area contributed by atoms with Crippen LogP contribution in [0.5, 0.6) is 0 Å². The smallest absolute Gasteiger partial charge is 0.389 e. The Kier molecular flexibility index (Phi) is 11.5. The number of ketones is 1. The number of alkyl halides is 3. The highest BCUT2D eigenvalue weighted by Crippen LogP contribution is 2.29. The summed E-state index contributed by atoms with van der Waals surface area (Å²) in [5.74, 6) is -5.11. The van der Waals surface area contributed by atoms with E-state index in [1.54, 1.807) is 39.8 Å². The van der Waals surface area contributed by atoms with Crippen LogP contribution < -0.4 is 21.7 Å². The molecule has 0 aromatic carbocycles. The van der Waals surface area contributed by atoms with E-state index in [9.17, 15) is 41.9 Å². The quantitative estimate of drug-likeness (QED) is 0.202. The maximum atomic E-state index is 13.7. The number of hydrogen-bond donors (Lipinski definition) is 4. The van der Waals surface area contributed by atoms with E-state index in [1.165, 1.54) is 11.2 Å². The minimum Gasteiger partial charge on any atom is -0.466 e. The molecule has 1 saturated heterocycles. The fourth-order valence-electron chi connectivity index (χ4n) is 4.30. The molecule has 4 atom stereocenters. The maximum absolute atomic E-state index is 13.7. The molecule has 1 aliphatic rings. The summed E-state index contributed by atoms with van der Waals surface area (Å²) in [5.41, 5.74) is 4.06. The van der Waals surface area contributed by atoms with Gasteiger partial charge in [0.15, 0.2) is 0 Å². The van der Waals surface area contributed by atoms with Gasteiger partial charge in [-0.05, 0) is 36.3 Å². The lowest BCUT2D eigenvalue weighted by atomic mass is 9.85. The van der Waals surface area contributed by atoms with Gasteiger partial charge in [-0.2, -0.15) is 13.2 Å². The highest BCUT2D eigenvalue weighted by Gasteiger charge is 2.45. The van der Waals surface area contributed by atoms with E-state index in [-0.39, 0.29) is 25.5 Å². The molecule has 5 amide bonds. The van der Waals surface area contributed by atoms with Gasteiger partial charge in [-0.3, -0.25) is 24.0 Å². The molecular weight excluding hydrogens is 567 g/mol. The van der Waals surface area contributed by atoms with E-state index < -0.39 is 84.6 Å². The molecule has 1 unspecified atom stereocenters. The van der Waals surface area contributed by atoms with Crippen LogP contribution in [0, 0.1) is 11.3 Å². The molecule has 0 bridgehead atoms. The van der Waals surface area contributed by atoms with Gasteiger partial charge in [-0.15, -0.1) is 0 Å². The monoisotopic (exact) mass is 603 g/mol. The molecule has 2 heterocycles. The first-order chi connectivity index (χ1) is 19.4. The summed E-state index contributed by atoms with van der Waals surface area (Å²) in [6.07, 6.45) is -5.52. The number of nitrogens with one attached hydrogen (secondary N) is 3. The van der Waals surface area contributed by atoms with Gasteiger partial charge < -0.3 is 35.7 Å². The Balaban J connectivity index is 2.10. The number of halogens is 3. The van der Waals surface area contributed by atoms with Gasteiger partial charge in [-0.1, -0.05) is 27.7 Å². The third-order valence-electron chi connectivity index (χ3n) is 6.43. The molecular formula is C26H36F3N5O8. The summed E-state index contributed by atoms with van der Waals surface area (Å²) in [4.78, 5) is 76.0. The average molecular weight is 604 g/mol. The highest BCUT2D eigenvalue weighted by atomic mass is 19.4. The SMILES string of the molecule is C[C@@H]1C[C@@H](C(=O)NC(CCC(F)(F)F)C(=O)C(N)=O)N(C(=O)[C@@H](NC(=O)NCC(=O)OCc2ccco2)C(C)(C)C)C1. The van der Waals surface area contributed by atoms with Crippen molar-refractivity contribution in [3.8, 4) is 0 Å². The lowest BCUT2D eigenvalue weighted by Crippen LogP contribution is -2.60. The molecule has 13 nitrogen and oxygen atoms in total. The zero-order valence-electron chi connectivity index (χ0n) is 23.7. The molecule has 0 spiro atoms. The molecule has 0 aliphatic carbocycles. The lowest BCUT2D eigenvalue weighted by molar-refractivity contribution is -0.146. The predicted octanol–water partition coefficient (Wildman–Crippen LogP) is 1.16. The number of Topliss-reactive ketones (excluding diaryl/α,β-unsaturated/α-hetero) is 1. The van der Waals surface area contributed by atoms with Crippen molar-refractivity contribution in [3.05, 3.63) is 24.2 Å². The first-order valence-corrected chi connectivity index (χ1v) is 13.1. The first-order valence-electron chi connectivity index (χ1n) is 13.1. The Morgan fingerprint density at radius 1 is 1.14 bits per heavy atom. The van der Waals surface area contributed by atoms with Crippen molar-refractivity contribution in [2.45, 2.75) is 77.9 Å². The van der Waals surface area contributed by atoms with Gasteiger partial charge in [0.05, 0.1) is 12.3 Å². The molecule has 1 aliphatic heterocycles. The fourth-order valence-corrected chi connectivity index (χ4v) is 4.30. The molecule has 16 heteroatoms. The van der Waals surface area contributed by atoms with Crippen LogP contribution in [0.4, 0.5) is 18.0 Å². The number of urea groups is 1. The van der Waals surface area contributed by atoms with Crippen LogP contribution in [-0.2, 0) is 35.3 Å². The fraction of sp³-hybridized carbons (Fsp3) is 0.615. The average Bonchev–Trinajstić information content (AvgIpc) is 3.54. The second kappa shape index (κ2) is 14.2. The Bertz CT molecular complexity index is 1150. The summed E-state index contributed by atoms with van der Waals surface area (Å²) < 4.78 is 48.4. The number of nitrogens with zero attached hydrogens (tertiary/aromatic N) is 1. The topological polar surface area (TPSA) is 190 Å².